The van der Waals surface area contributed by atoms with E-state index in [1.54, 1.807) is 18.2 Å². The summed E-state index contributed by atoms with van der Waals surface area (Å²) in [4.78, 5) is 19.6. The van der Waals surface area contributed by atoms with Crippen molar-refractivity contribution in [2.75, 3.05) is 39.7 Å². The Morgan fingerprint density at radius 3 is 2.66 bits per heavy atom. The van der Waals surface area contributed by atoms with Gasteiger partial charge in [-0.3, -0.25) is 4.72 Å². The van der Waals surface area contributed by atoms with E-state index in [0.717, 1.165) is 41.4 Å². The summed E-state index contributed by atoms with van der Waals surface area (Å²) in [6.07, 6.45) is 3.53. The summed E-state index contributed by atoms with van der Waals surface area (Å²) >= 11 is 0. The normalized spacial score (nSPS) is 18.6. The summed E-state index contributed by atoms with van der Waals surface area (Å²) in [7, 11) is -1.39. The van der Waals surface area contributed by atoms with Gasteiger partial charge >= 0.3 is 0 Å². The molecule has 1 aromatic heterocycles. The quantitative estimate of drug-likeness (QED) is 0.401. The lowest BCUT2D eigenvalue weighted by Crippen LogP contribution is -2.50. The van der Waals surface area contributed by atoms with Crippen LogP contribution in [0.3, 0.4) is 0 Å². The van der Waals surface area contributed by atoms with Crippen LogP contribution in [0.25, 0.3) is 10.9 Å². The molecule has 0 saturated carbocycles. The number of aromatic amines is 1. The number of rotatable bonds is 8. The van der Waals surface area contributed by atoms with E-state index in [2.05, 4.69) is 24.8 Å². The number of hydrogen-bond donors (Lipinski definition) is 3. The minimum Gasteiger partial charge on any atom is -0.380 e. The number of aromatic nitrogens is 1. The number of hydrogen-bond acceptors (Lipinski definition) is 6. The number of anilines is 4. The number of benzene rings is 2. The molecule has 0 spiro atoms. The fraction of sp³-hybridized carbons (Fsp3) is 0.400. The third kappa shape index (κ3) is 5.70. The molecule has 3 aromatic rings. The fourth-order valence-electron chi connectivity index (χ4n) is 4.67. The van der Waals surface area contributed by atoms with Gasteiger partial charge in [0, 0.05) is 48.0 Å². The molecule has 0 amide bonds. The van der Waals surface area contributed by atoms with Gasteiger partial charge in [-0.25, -0.2) is 12.8 Å². The van der Waals surface area contributed by atoms with Gasteiger partial charge in [0.15, 0.2) is 0 Å². The van der Waals surface area contributed by atoms with Crippen LogP contribution < -0.4 is 19.8 Å². The number of carbonyl (C=O) groups is 1. The zero-order chi connectivity index (χ0) is 25.3. The lowest BCUT2D eigenvalue weighted by Gasteiger charge is -2.41. The lowest BCUT2D eigenvalue weighted by atomic mass is 9.96. The Balaban J connectivity index is 1.51. The molecule has 4 rings (SSSR count). The Bertz CT molecular complexity index is 1320. The number of piperidine rings is 1. The van der Waals surface area contributed by atoms with Crippen molar-refractivity contribution in [3.8, 4) is 0 Å². The van der Waals surface area contributed by atoms with Gasteiger partial charge in [-0.2, -0.15) is 0 Å². The van der Waals surface area contributed by atoms with Crippen LogP contribution >= 0.6 is 0 Å². The molecule has 2 unspecified atom stereocenters. The maximum absolute atomic E-state index is 14.2. The highest BCUT2D eigenvalue weighted by atomic mass is 32.2. The molecule has 10 heteroatoms. The van der Waals surface area contributed by atoms with Gasteiger partial charge in [0.05, 0.1) is 18.0 Å². The molecule has 0 radical (unpaired) electrons. The second-order valence-electron chi connectivity index (χ2n) is 9.48. The summed E-state index contributed by atoms with van der Waals surface area (Å²) in [6.45, 7) is 4.60. The minimum absolute atomic E-state index is 0.113. The van der Waals surface area contributed by atoms with Crippen LogP contribution in [0.15, 0.2) is 42.5 Å². The molecule has 8 nitrogen and oxygen atoms in total. The van der Waals surface area contributed by atoms with Gasteiger partial charge in [-0.05, 0) is 69.2 Å². The Hall–Kier alpha value is -3.27. The van der Waals surface area contributed by atoms with Crippen LogP contribution in [0.2, 0.25) is 0 Å². The second kappa shape index (κ2) is 9.77. The third-order valence-electron chi connectivity index (χ3n) is 6.34. The van der Waals surface area contributed by atoms with Gasteiger partial charge < -0.3 is 24.9 Å². The first kappa shape index (κ1) is 24.8. The van der Waals surface area contributed by atoms with Crippen molar-refractivity contribution in [1.29, 1.82) is 0 Å². The summed E-state index contributed by atoms with van der Waals surface area (Å²) < 4.78 is 39.8. The molecule has 35 heavy (non-hydrogen) atoms. The smallest absolute Gasteiger partial charge is 0.229 e. The summed E-state index contributed by atoms with van der Waals surface area (Å²) in [5.41, 5.74) is 2.72. The molecular formula is C25H32FN5O3S. The first-order chi connectivity index (χ1) is 16.5. The number of carbonyl (C=O) groups excluding carboxylic acids is 1. The zero-order valence-electron chi connectivity index (χ0n) is 20.4. The van der Waals surface area contributed by atoms with Crippen molar-refractivity contribution in [1.82, 2.24) is 4.98 Å². The highest BCUT2D eigenvalue weighted by Gasteiger charge is 2.31. The van der Waals surface area contributed by atoms with E-state index in [0.29, 0.717) is 24.3 Å². The fourth-order valence-corrected chi connectivity index (χ4v) is 5.23. The Labute approximate surface area is 205 Å². The van der Waals surface area contributed by atoms with E-state index in [1.807, 2.05) is 39.1 Å². The Kier molecular flexibility index (Phi) is 6.93. The van der Waals surface area contributed by atoms with Gasteiger partial charge in [-0.1, -0.05) is 0 Å². The van der Waals surface area contributed by atoms with Crippen molar-refractivity contribution in [3.05, 3.63) is 48.3 Å². The van der Waals surface area contributed by atoms with Crippen LogP contribution in [0.1, 0.15) is 26.7 Å². The molecular weight excluding hydrogens is 469 g/mol. The van der Waals surface area contributed by atoms with Crippen molar-refractivity contribution in [2.24, 2.45) is 0 Å². The van der Waals surface area contributed by atoms with E-state index >= 15 is 0 Å². The molecule has 1 aliphatic heterocycles. The van der Waals surface area contributed by atoms with Crippen LogP contribution in [0, 0.1) is 5.82 Å². The molecule has 0 aliphatic carbocycles. The molecule has 2 atom stereocenters. The topological polar surface area (TPSA) is 97.5 Å². The van der Waals surface area contributed by atoms with Crippen LogP contribution in [-0.4, -0.2) is 57.7 Å². The van der Waals surface area contributed by atoms with Crippen molar-refractivity contribution in [3.63, 3.8) is 0 Å². The molecule has 2 aromatic carbocycles. The minimum atomic E-state index is -3.37. The molecule has 1 aliphatic rings. The number of aldehydes is 1. The number of fused-ring (bicyclic) bond motifs is 1. The van der Waals surface area contributed by atoms with E-state index in [1.165, 1.54) is 6.07 Å². The largest absolute Gasteiger partial charge is 0.380 e. The number of H-pyrrole nitrogens is 1. The first-order valence-electron chi connectivity index (χ1n) is 11.7. The van der Waals surface area contributed by atoms with Crippen molar-refractivity contribution >= 4 is 50.1 Å². The predicted octanol–water partition coefficient (Wildman–Crippen LogP) is 4.17. The number of nitrogens with one attached hydrogen (secondary N) is 3. The number of halogens is 1. The summed E-state index contributed by atoms with van der Waals surface area (Å²) in [6, 6.07) is 12.2. The number of nitrogens with zero attached hydrogens (tertiary/aromatic N) is 2. The lowest BCUT2D eigenvalue weighted by molar-refractivity contribution is -0.109. The monoisotopic (exact) mass is 501 g/mol. The van der Waals surface area contributed by atoms with Gasteiger partial charge in [0.1, 0.15) is 17.9 Å². The van der Waals surface area contributed by atoms with E-state index < -0.39 is 10.0 Å². The highest BCUT2D eigenvalue weighted by Crippen LogP contribution is 2.32. The number of sulfonamides is 1. The van der Waals surface area contributed by atoms with E-state index in [9.17, 15) is 17.6 Å². The van der Waals surface area contributed by atoms with E-state index in [4.69, 9.17) is 0 Å². The predicted molar refractivity (Wildman–Crippen MR) is 141 cm³/mol. The first-order valence-corrected chi connectivity index (χ1v) is 13.5. The third-order valence-corrected chi connectivity index (χ3v) is 6.95. The average molecular weight is 502 g/mol. The van der Waals surface area contributed by atoms with Crippen LogP contribution in [-0.2, 0) is 14.8 Å². The second-order valence-corrected chi connectivity index (χ2v) is 11.2. The Morgan fingerprint density at radius 1 is 1.20 bits per heavy atom. The Morgan fingerprint density at radius 2 is 1.97 bits per heavy atom. The SMILES string of the molecule is CC(C)Nc1cc(N(C)C2CCN(c3cc4cc(NS(C)(=O)=O)ccc4[nH]3)C(C=O)C2)ccc1F. The average Bonchev–Trinajstić information content (AvgIpc) is 3.21. The van der Waals surface area contributed by atoms with Crippen LogP contribution in [0.5, 0.6) is 0 Å². The van der Waals surface area contributed by atoms with Crippen molar-refractivity contribution < 1.29 is 17.6 Å². The molecule has 188 valence electrons. The van der Waals surface area contributed by atoms with Gasteiger partial charge in [0.25, 0.3) is 0 Å². The molecule has 3 N–H and O–H groups in total. The van der Waals surface area contributed by atoms with Crippen molar-refractivity contribution in [2.45, 2.75) is 44.8 Å². The molecule has 0 bridgehead atoms. The standard InChI is InChI=1S/C25H32FN5O3S/c1-16(2)27-24-14-19(6-7-22(24)26)30(3)20-9-10-31(21(13-20)15-32)25-12-17-11-18(29-35(4,33)34)5-8-23(17)28-25/h5-8,11-12,14-16,20-21,27-29H,9-10,13H2,1-4H3. The maximum atomic E-state index is 14.2. The zero-order valence-corrected chi connectivity index (χ0v) is 21.2. The van der Waals surface area contributed by atoms with Gasteiger partial charge in [0.2, 0.25) is 10.0 Å². The molecule has 1 saturated heterocycles. The summed E-state index contributed by atoms with van der Waals surface area (Å²) in [5, 5.41) is 4.00. The van der Waals surface area contributed by atoms with E-state index in [-0.39, 0.29) is 23.9 Å². The van der Waals surface area contributed by atoms with Gasteiger partial charge in [-0.15, -0.1) is 0 Å². The molecule has 2 heterocycles. The summed E-state index contributed by atoms with van der Waals surface area (Å²) in [5.74, 6) is 0.532. The van der Waals surface area contributed by atoms with Crippen LogP contribution in [0.4, 0.5) is 27.3 Å². The molecule has 1 fully saturated rings. The highest BCUT2D eigenvalue weighted by molar-refractivity contribution is 7.92. The maximum Gasteiger partial charge on any atom is 0.229 e.